The lowest BCUT2D eigenvalue weighted by Crippen LogP contribution is -2.00. The van der Waals surface area contributed by atoms with E-state index in [1.165, 1.54) is 0 Å². The van der Waals surface area contributed by atoms with Crippen molar-refractivity contribution in [1.29, 1.82) is 0 Å². The molecule has 0 aromatic carbocycles. The lowest BCUT2D eigenvalue weighted by atomic mass is 10.2. The number of aldehydes is 1. The Morgan fingerprint density at radius 1 is 1.53 bits per heavy atom. The molecule has 2 heterocycles. The summed E-state index contributed by atoms with van der Waals surface area (Å²) in [6.07, 6.45) is 4.27. The molecule has 4 heteroatoms. The number of hydrogen-bond donors (Lipinski definition) is 0. The number of nitrogens with zero attached hydrogens (tertiary/aromatic N) is 2. The second-order valence-corrected chi connectivity index (χ2v) is 4.14. The molecule has 0 saturated carbocycles. The fraction of sp³-hybridized carbons (Fsp3) is 0.231. The smallest absolute Gasteiger partial charge is 0.153 e. The monoisotopic (exact) mass is 248 g/mol. The maximum Gasteiger partial charge on any atom is 0.153 e. The minimum absolute atomic E-state index is 0.507. The van der Waals surface area contributed by atoms with Crippen molar-refractivity contribution < 1.29 is 4.79 Å². The Morgan fingerprint density at radius 3 is 2.82 bits per heavy atom. The number of carbonyl (C=O) groups is 1. The summed E-state index contributed by atoms with van der Waals surface area (Å²) < 4.78 is 2.03. The molecule has 0 saturated heterocycles. The summed E-state index contributed by atoms with van der Waals surface area (Å²) in [6, 6.07) is 3.79. The van der Waals surface area contributed by atoms with Crippen LogP contribution in [0.3, 0.4) is 0 Å². The zero-order valence-electron chi connectivity index (χ0n) is 9.77. The molecule has 0 atom stereocenters. The van der Waals surface area contributed by atoms with Gasteiger partial charge in [0.05, 0.1) is 16.3 Å². The van der Waals surface area contributed by atoms with Crippen molar-refractivity contribution in [3.05, 3.63) is 40.8 Å². The molecule has 17 heavy (non-hydrogen) atoms. The van der Waals surface area contributed by atoms with E-state index in [1.807, 2.05) is 30.5 Å². The van der Waals surface area contributed by atoms with Gasteiger partial charge in [-0.25, -0.2) is 0 Å². The number of halogens is 1. The van der Waals surface area contributed by atoms with Gasteiger partial charge < -0.3 is 4.57 Å². The quantitative estimate of drug-likeness (QED) is 0.781. The molecule has 88 valence electrons. The highest BCUT2D eigenvalue weighted by Gasteiger charge is 2.18. The van der Waals surface area contributed by atoms with Crippen LogP contribution in [0.1, 0.15) is 23.0 Å². The first-order valence-electron chi connectivity index (χ1n) is 5.44. The Kier molecular flexibility index (Phi) is 3.29. The van der Waals surface area contributed by atoms with E-state index in [0.717, 1.165) is 29.8 Å². The number of carbonyl (C=O) groups excluding carboxylic acids is 1. The zero-order chi connectivity index (χ0) is 12.4. The average Bonchev–Trinajstić information content (AvgIpc) is 2.61. The van der Waals surface area contributed by atoms with Crippen molar-refractivity contribution in [3.63, 3.8) is 0 Å². The molecule has 0 bridgehead atoms. The predicted molar refractivity (Wildman–Crippen MR) is 68.5 cm³/mol. The molecule has 0 aliphatic heterocycles. The Bertz CT molecular complexity index is 546. The normalized spacial score (nSPS) is 10.5. The van der Waals surface area contributed by atoms with Crippen molar-refractivity contribution >= 4 is 17.9 Å². The molecule has 3 nitrogen and oxygen atoms in total. The Morgan fingerprint density at radius 2 is 2.29 bits per heavy atom. The molecule has 0 amide bonds. The van der Waals surface area contributed by atoms with Gasteiger partial charge in [-0.2, -0.15) is 0 Å². The van der Waals surface area contributed by atoms with Crippen LogP contribution >= 0.6 is 11.6 Å². The van der Waals surface area contributed by atoms with Gasteiger partial charge in [-0.3, -0.25) is 9.78 Å². The Labute approximate surface area is 105 Å². The van der Waals surface area contributed by atoms with Gasteiger partial charge in [-0.05, 0) is 26.0 Å². The highest BCUT2D eigenvalue weighted by Crippen LogP contribution is 2.34. The molecule has 0 fully saturated rings. The van der Waals surface area contributed by atoms with E-state index < -0.39 is 0 Å². The summed E-state index contributed by atoms with van der Waals surface area (Å²) in [6.45, 7) is 4.69. The summed E-state index contributed by atoms with van der Waals surface area (Å²) in [5, 5.41) is 0.507. The highest BCUT2D eigenvalue weighted by atomic mass is 35.5. The number of rotatable bonds is 3. The second kappa shape index (κ2) is 4.72. The summed E-state index contributed by atoms with van der Waals surface area (Å²) in [7, 11) is 0. The highest BCUT2D eigenvalue weighted by molar-refractivity contribution is 6.35. The van der Waals surface area contributed by atoms with E-state index >= 15 is 0 Å². The number of pyridine rings is 1. The van der Waals surface area contributed by atoms with Crippen molar-refractivity contribution in [2.45, 2.75) is 20.4 Å². The maximum absolute atomic E-state index is 11.0. The topological polar surface area (TPSA) is 34.9 Å². The van der Waals surface area contributed by atoms with E-state index in [-0.39, 0.29) is 0 Å². The molecule has 2 rings (SSSR count). The summed E-state index contributed by atoms with van der Waals surface area (Å²) >= 11 is 6.27. The van der Waals surface area contributed by atoms with Gasteiger partial charge in [0.25, 0.3) is 0 Å². The van der Waals surface area contributed by atoms with Gasteiger partial charge in [0, 0.05) is 30.2 Å². The van der Waals surface area contributed by atoms with Gasteiger partial charge in [-0.1, -0.05) is 11.6 Å². The van der Waals surface area contributed by atoms with Gasteiger partial charge in [-0.15, -0.1) is 0 Å². The third-order valence-corrected chi connectivity index (χ3v) is 3.26. The summed E-state index contributed by atoms with van der Waals surface area (Å²) in [5.41, 5.74) is 3.25. The van der Waals surface area contributed by atoms with Crippen LogP contribution in [0.15, 0.2) is 24.5 Å². The SMILES string of the molecule is CCn1c(C)c(C=O)c(Cl)c1-c1cccnc1. The number of hydrogen-bond acceptors (Lipinski definition) is 2. The molecule has 0 radical (unpaired) electrons. The van der Waals surface area contributed by atoms with E-state index in [2.05, 4.69) is 4.98 Å². The molecule has 0 aliphatic rings. The van der Waals surface area contributed by atoms with Gasteiger partial charge in [0.2, 0.25) is 0 Å². The van der Waals surface area contributed by atoms with E-state index in [0.29, 0.717) is 10.6 Å². The molecular weight excluding hydrogens is 236 g/mol. The third kappa shape index (κ3) is 1.87. The summed E-state index contributed by atoms with van der Waals surface area (Å²) in [4.78, 5) is 15.1. The predicted octanol–water partition coefficient (Wildman–Crippen LogP) is 3.34. The van der Waals surface area contributed by atoms with Gasteiger partial charge in [0.1, 0.15) is 0 Å². The largest absolute Gasteiger partial charge is 0.343 e. The van der Waals surface area contributed by atoms with Gasteiger partial charge >= 0.3 is 0 Å². The van der Waals surface area contributed by atoms with E-state index in [9.17, 15) is 4.79 Å². The Balaban J connectivity index is 2.73. The minimum Gasteiger partial charge on any atom is -0.343 e. The number of aromatic nitrogens is 2. The Hall–Kier alpha value is -1.61. The van der Waals surface area contributed by atoms with Crippen LogP contribution in [0.5, 0.6) is 0 Å². The molecule has 0 unspecified atom stereocenters. The first-order chi connectivity index (χ1) is 8.20. The van der Waals surface area contributed by atoms with Crippen LogP contribution < -0.4 is 0 Å². The van der Waals surface area contributed by atoms with Gasteiger partial charge in [0.15, 0.2) is 6.29 Å². The van der Waals surface area contributed by atoms with Crippen LogP contribution in [0.2, 0.25) is 5.02 Å². The van der Waals surface area contributed by atoms with Crippen molar-refractivity contribution in [2.75, 3.05) is 0 Å². The first kappa shape index (κ1) is 11.9. The van der Waals surface area contributed by atoms with Crippen molar-refractivity contribution in [1.82, 2.24) is 9.55 Å². The van der Waals surface area contributed by atoms with Crippen LogP contribution in [0.4, 0.5) is 0 Å². The molecular formula is C13H13ClN2O. The zero-order valence-corrected chi connectivity index (χ0v) is 10.5. The second-order valence-electron chi connectivity index (χ2n) is 3.77. The lowest BCUT2D eigenvalue weighted by molar-refractivity contribution is 0.112. The molecule has 2 aromatic rings. The first-order valence-corrected chi connectivity index (χ1v) is 5.82. The van der Waals surface area contributed by atoms with Crippen LogP contribution in [0.25, 0.3) is 11.3 Å². The standard InChI is InChI=1S/C13H13ClN2O/c1-3-16-9(2)11(8-17)12(14)13(16)10-5-4-6-15-7-10/h4-8H,3H2,1-2H3. The fourth-order valence-corrected chi connectivity index (χ4v) is 2.43. The van der Waals surface area contributed by atoms with Crippen molar-refractivity contribution in [2.24, 2.45) is 0 Å². The average molecular weight is 249 g/mol. The summed E-state index contributed by atoms with van der Waals surface area (Å²) in [5.74, 6) is 0. The van der Waals surface area contributed by atoms with E-state index in [1.54, 1.807) is 12.4 Å². The van der Waals surface area contributed by atoms with Crippen LogP contribution in [0, 0.1) is 6.92 Å². The third-order valence-electron chi connectivity index (χ3n) is 2.88. The van der Waals surface area contributed by atoms with Crippen LogP contribution in [-0.2, 0) is 6.54 Å². The molecule has 2 aromatic heterocycles. The van der Waals surface area contributed by atoms with Crippen LogP contribution in [-0.4, -0.2) is 15.8 Å². The maximum atomic E-state index is 11.0. The van der Waals surface area contributed by atoms with Crippen molar-refractivity contribution in [3.8, 4) is 11.3 Å². The minimum atomic E-state index is 0.507. The van der Waals surface area contributed by atoms with E-state index in [4.69, 9.17) is 11.6 Å². The lowest BCUT2D eigenvalue weighted by Gasteiger charge is -2.08. The molecule has 0 spiro atoms. The molecule has 0 aliphatic carbocycles. The fourth-order valence-electron chi connectivity index (χ4n) is 2.04. The molecule has 0 N–H and O–H groups in total.